The largest absolute Gasteiger partial charge is 0.506 e. The first-order valence-corrected chi connectivity index (χ1v) is 1.79. The summed E-state index contributed by atoms with van der Waals surface area (Å²) in [5, 5.41) is 18.3. The Morgan fingerprint density at radius 3 is 2.14 bits per heavy atom. The van der Waals surface area contributed by atoms with Gasteiger partial charge in [-0.15, -0.1) is 0 Å². The third kappa shape index (κ3) is 1.92. The Hall–Kier alpha value is -0.860. The molecule has 0 atom stereocenters. The molecule has 3 nitrogen and oxygen atoms in total. The van der Waals surface area contributed by atoms with E-state index in [1.807, 2.05) is 0 Å². The molecule has 0 aliphatic carbocycles. The highest BCUT2D eigenvalue weighted by atomic mass is 16.6. The van der Waals surface area contributed by atoms with E-state index in [1.54, 1.807) is 0 Å². The maximum atomic E-state index is 10.0. The fraction of sp³-hybridized carbons (Fsp3) is 0.500. The fourth-order valence-corrected chi connectivity index (χ4v) is 0.148. The van der Waals surface area contributed by atoms with Crippen LogP contribution in [0.25, 0.3) is 0 Å². The molecule has 0 fully saturated rings. The summed E-state index contributed by atoms with van der Waals surface area (Å²) in [6, 6.07) is 0. The van der Waals surface area contributed by atoms with Gasteiger partial charge in [-0.1, -0.05) is 0 Å². The Morgan fingerprint density at radius 2 is 2.14 bits per heavy atom. The highest BCUT2D eigenvalue weighted by Crippen LogP contribution is 1.94. The number of methoxy groups -OCH3 is 1. The summed E-state index contributed by atoms with van der Waals surface area (Å²) < 4.78 is 4.09. The lowest BCUT2D eigenvalue weighted by Gasteiger charge is -1.90. The standard InChI is InChI=1S/C4H7O3/c1-3(5)4(6)7-2/h5H,1-2H3. The van der Waals surface area contributed by atoms with Crippen LogP contribution in [0, 0.1) is 0 Å². The third-order valence-corrected chi connectivity index (χ3v) is 0.481. The molecule has 0 saturated carbocycles. The van der Waals surface area contributed by atoms with Gasteiger partial charge < -0.3 is 9.84 Å². The average Bonchev–Trinajstić information content (AvgIpc) is 1.65. The van der Waals surface area contributed by atoms with Crippen molar-refractivity contribution >= 4 is 0 Å². The Kier molecular flexibility index (Phi) is 2.05. The Morgan fingerprint density at radius 1 is 1.71 bits per heavy atom. The zero-order valence-electron chi connectivity index (χ0n) is 4.26. The zero-order valence-corrected chi connectivity index (χ0v) is 4.26. The van der Waals surface area contributed by atoms with Gasteiger partial charge >= 0.3 is 5.95 Å². The molecular weight excluding hydrogens is 96.0 g/mol. The summed E-state index contributed by atoms with van der Waals surface area (Å²) in [6.45, 7) is 1.27. The van der Waals surface area contributed by atoms with E-state index in [4.69, 9.17) is 5.11 Å². The quantitative estimate of drug-likeness (QED) is 0.499. The fourth-order valence-electron chi connectivity index (χ4n) is 0.148. The van der Waals surface area contributed by atoms with Crippen LogP contribution >= 0.6 is 0 Å². The molecule has 0 saturated heterocycles. The molecule has 0 aliphatic heterocycles. The second kappa shape index (κ2) is 2.34. The molecular formula is C4H7O3. The molecule has 1 radical (unpaired) electrons. The lowest BCUT2D eigenvalue weighted by Crippen LogP contribution is -1.85. The minimum absolute atomic E-state index is 0.317. The van der Waals surface area contributed by atoms with E-state index in [1.165, 1.54) is 14.0 Å². The predicted octanol–water partition coefficient (Wildman–Crippen LogP) is 0.810. The van der Waals surface area contributed by atoms with Gasteiger partial charge in [0.25, 0.3) is 0 Å². The molecule has 0 amide bonds. The van der Waals surface area contributed by atoms with E-state index < -0.39 is 5.95 Å². The highest BCUT2D eigenvalue weighted by molar-refractivity contribution is 4.84. The number of rotatable bonds is 1. The third-order valence-electron chi connectivity index (χ3n) is 0.481. The first-order chi connectivity index (χ1) is 3.18. The summed E-state index contributed by atoms with van der Waals surface area (Å²) in [6.07, 6.45) is 0. The van der Waals surface area contributed by atoms with Crippen LogP contribution in [-0.4, -0.2) is 12.2 Å². The number of hydrogen-bond donors (Lipinski definition) is 1. The van der Waals surface area contributed by atoms with Crippen LogP contribution in [-0.2, 0) is 9.84 Å². The highest BCUT2D eigenvalue weighted by Gasteiger charge is 1.95. The zero-order chi connectivity index (χ0) is 5.86. The van der Waals surface area contributed by atoms with Gasteiger partial charge in [0, 0.05) is 6.92 Å². The van der Waals surface area contributed by atoms with Crippen molar-refractivity contribution in [3.05, 3.63) is 11.7 Å². The van der Waals surface area contributed by atoms with Crippen molar-refractivity contribution in [1.82, 2.24) is 0 Å². The van der Waals surface area contributed by atoms with Crippen molar-refractivity contribution < 1.29 is 14.9 Å². The molecule has 0 aliphatic rings. The molecule has 7 heavy (non-hydrogen) atoms. The Balaban J connectivity index is 3.72. The number of aliphatic hydroxyl groups is 1. The Labute approximate surface area is 41.8 Å². The molecule has 0 aromatic heterocycles. The normalized spacial score (nSPS) is 12.9. The van der Waals surface area contributed by atoms with Gasteiger partial charge in [0.2, 0.25) is 0 Å². The van der Waals surface area contributed by atoms with Gasteiger partial charge in [0.05, 0.1) is 7.11 Å². The molecule has 3 heteroatoms. The van der Waals surface area contributed by atoms with Crippen LogP contribution in [0.5, 0.6) is 0 Å². The van der Waals surface area contributed by atoms with E-state index in [0.29, 0.717) is 0 Å². The molecule has 0 spiro atoms. The lowest BCUT2D eigenvalue weighted by molar-refractivity contribution is 0.0664. The van der Waals surface area contributed by atoms with Crippen molar-refractivity contribution in [2.24, 2.45) is 0 Å². The van der Waals surface area contributed by atoms with Gasteiger partial charge in [-0.05, 0) is 0 Å². The number of ether oxygens (including phenoxy) is 1. The first kappa shape index (κ1) is 6.14. The van der Waals surface area contributed by atoms with Gasteiger partial charge in [-0.2, -0.15) is 0 Å². The molecule has 1 N–H and O–H groups in total. The molecule has 0 unspecified atom stereocenters. The SMILES string of the molecule is COC([O])=C(C)O. The molecule has 0 heterocycles. The summed E-state index contributed by atoms with van der Waals surface area (Å²) in [4.78, 5) is 0. The molecule has 0 bridgehead atoms. The van der Waals surface area contributed by atoms with Crippen molar-refractivity contribution in [1.29, 1.82) is 0 Å². The second-order valence-corrected chi connectivity index (χ2v) is 1.08. The van der Waals surface area contributed by atoms with E-state index in [-0.39, 0.29) is 5.76 Å². The van der Waals surface area contributed by atoms with Gasteiger partial charge in [0.15, 0.2) is 5.76 Å². The minimum Gasteiger partial charge on any atom is -0.506 e. The molecule has 0 aromatic carbocycles. The first-order valence-electron chi connectivity index (χ1n) is 1.79. The number of aliphatic hydroxyl groups excluding tert-OH is 1. The summed E-state index contributed by atoms with van der Waals surface area (Å²) in [5.74, 6) is -0.998. The maximum Gasteiger partial charge on any atom is 0.368 e. The lowest BCUT2D eigenvalue weighted by atomic mass is 10.6. The summed E-state index contributed by atoms with van der Waals surface area (Å²) in [5.41, 5.74) is 0. The van der Waals surface area contributed by atoms with Crippen LogP contribution in [0.3, 0.4) is 0 Å². The second-order valence-electron chi connectivity index (χ2n) is 1.08. The predicted molar refractivity (Wildman–Crippen MR) is 23.0 cm³/mol. The molecule has 0 rings (SSSR count). The van der Waals surface area contributed by atoms with Gasteiger partial charge in [-0.3, -0.25) is 0 Å². The monoisotopic (exact) mass is 103 g/mol. The molecule has 0 aromatic rings. The van der Waals surface area contributed by atoms with Crippen LogP contribution in [0.1, 0.15) is 6.92 Å². The Bertz CT molecular complexity index is 80.9. The summed E-state index contributed by atoms with van der Waals surface area (Å²) >= 11 is 0. The van der Waals surface area contributed by atoms with E-state index >= 15 is 0 Å². The van der Waals surface area contributed by atoms with E-state index in [0.717, 1.165) is 0 Å². The topological polar surface area (TPSA) is 49.4 Å². The maximum absolute atomic E-state index is 10.0. The average molecular weight is 103 g/mol. The van der Waals surface area contributed by atoms with E-state index in [2.05, 4.69) is 4.74 Å². The summed E-state index contributed by atoms with van der Waals surface area (Å²) in [7, 11) is 1.21. The van der Waals surface area contributed by atoms with Crippen LogP contribution in [0.4, 0.5) is 0 Å². The van der Waals surface area contributed by atoms with E-state index in [9.17, 15) is 5.11 Å². The van der Waals surface area contributed by atoms with Crippen molar-refractivity contribution in [2.45, 2.75) is 6.92 Å². The molecule has 41 valence electrons. The smallest absolute Gasteiger partial charge is 0.368 e. The van der Waals surface area contributed by atoms with Gasteiger partial charge in [-0.25, -0.2) is 5.11 Å². The van der Waals surface area contributed by atoms with Crippen LogP contribution in [0.2, 0.25) is 0 Å². The van der Waals surface area contributed by atoms with Crippen LogP contribution in [0.15, 0.2) is 11.7 Å². The minimum atomic E-state index is -0.681. The van der Waals surface area contributed by atoms with Crippen LogP contribution < -0.4 is 0 Å². The van der Waals surface area contributed by atoms with Crippen molar-refractivity contribution in [2.75, 3.05) is 7.11 Å². The van der Waals surface area contributed by atoms with Crippen molar-refractivity contribution in [3.63, 3.8) is 0 Å². The van der Waals surface area contributed by atoms with Crippen molar-refractivity contribution in [3.8, 4) is 0 Å². The number of allylic oxidation sites excluding steroid dienone is 1. The van der Waals surface area contributed by atoms with Gasteiger partial charge in [0.1, 0.15) is 0 Å². The number of hydrogen-bond acceptors (Lipinski definition) is 2.